The average Bonchev–Trinajstić information content (AvgIpc) is 3.20. The number of sulfone groups is 1. The minimum atomic E-state index is -3.74. The molecule has 0 aromatic heterocycles. The summed E-state index contributed by atoms with van der Waals surface area (Å²) in [6, 6.07) is 29.4. The van der Waals surface area contributed by atoms with Gasteiger partial charge in [-0.25, -0.2) is 8.42 Å². The van der Waals surface area contributed by atoms with Crippen molar-refractivity contribution in [3.05, 3.63) is 97.1 Å². The van der Waals surface area contributed by atoms with Gasteiger partial charge in [0.25, 0.3) is 0 Å². The van der Waals surface area contributed by atoms with Gasteiger partial charge in [-0.05, 0) is 123 Å². The maximum absolute atomic E-state index is 13.5. The van der Waals surface area contributed by atoms with Crippen LogP contribution in [0.3, 0.4) is 0 Å². The summed E-state index contributed by atoms with van der Waals surface area (Å²) in [7, 11) is -3.74. The number of thiocarbonyl (C=S) groups is 2. The summed E-state index contributed by atoms with van der Waals surface area (Å²) < 4.78 is 28.6. The smallest absolute Gasteiger partial charge is 0.234 e. The van der Waals surface area contributed by atoms with E-state index in [1.807, 2.05) is 48.5 Å². The highest BCUT2D eigenvalue weighted by Crippen LogP contribution is 2.29. The Morgan fingerprint density at radius 2 is 0.909 bits per heavy atom. The van der Waals surface area contributed by atoms with E-state index in [1.54, 1.807) is 48.5 Å². The lowest BCUT2D eigenvalue weighted by molar-refractivity contribution is -0.114. The number of benzene rings is 4. The van der Waals surface area contributed by atoms with E-state index in [4.69, 9.17) is 24.4 Å². The largest absolute Gasteiger partial charge is 0.355 e. The fourth-order valence-corrected chi connectivity index (χ4v) is 10.5. The molecule has 4 aromatic rings. The number of likely N-dealkylation sites (tertiary alicyclic amines) is 2. The molecule has 2 fully saturated rings. The van der Waals surface area contributed by atoms with Crippen molar-refractivity contribution in [1.29, 1.82) is 0 Å². The van der Waals surface area contributed by atoms with Crippen LogP contribution in [-0.4, -0.2) is 75.4 Å². The summed E-state index contributed by atoms with van der Waals surface area (Å²) in [5.41, 5.74) is 4.89. The molecule has 2 aliphatic heterocycles. The highest BCUT2D eigenvalue weighted by molar-refractivity contribution is 8.23. The zero-order chi connectivity index (χ0) is 39.0. The van der Waals surface area contributed by atoms with Gasteiger partial charge in [0.15, 0.2) is 0 Å². The molecule has 2 atom stereocenters. The van der Waals surface area contributed by atoms with Crippen LogP contribution in [0.4, 0.5) is 11.4 Å². The first kappa shape index (κ1) is 40.9. The molecule has 0 radical (unpaired) electrons. The van der Waals surface area contributed by atoms with Crippen molar-refractivity contribution in [3.8, 4) is 22.3 Å². The number of nitrogens with one attached hydrogen (secondary N) is 2. The molecule has 0 unspecified atom stereocenters. The summed E-state index contributed by atoms with van der Waals surface area (Å²) in [5.74, 6) is 0.288. The summed E-state index contributed by atoms with van der Waals surface area (Å²) in [4.78, 5) is 30.1. The number of hydrogen-bond acceptors (Lipinski definition) is 8. The Morgan fingerprint density at radius 1 is 0.582 bits per heavy atom. The van der Waals surface area contributed by atoms with E-state index in [0.29, 0.717) is 23.5 Å². The SMILES string of the molecule is C[C@@H]1CCCCN1C(=S)SCC(=O)Nc1ccc(-c2ccc(S(=O)(=O)c3ccc(-c4ccc(NC(=O)CSC(=S)N5CCCC[C@H]5C)cc4)cc3)cc2)cc1. The van der Waals surface area contributed by atoms with Gasteiger partial charge in [-0.3, -0.25) is 9.59 Å². The number of hydrogen-bond donors (Lipinski definition) is 2. The Hall–Kier alpha value is -3.75. The standard InChI is InChI=1S/C42H46N4O4S5/c1-29-7-3-5-25-45(29)41(51)53-27-39(47)43-35-17-9-31(10-18-35)33-13-21-37(22-14-33)55(49,50)38-23-15-34(16-24-38)32-11-19-36(20-12-32)44-40(48)28-54-42(52)46-26-6-4-8-30(46)2/h9-24,29-30H,3-8,25-28H2,1-2H3,(H,43,47)(H,44,48)/t29-,30-/m1/s1. The molecule has 6 rings (SSSR count). The Morgan fingerprint density at radius 3 is 1.24 bits per heavy atom. The highest BCUT2D eigenvalue weighted by Gasteiger charge is 2.23. The van der Waals surface area contributed by atoms with Crippen LogP contribution in [-0.2, 0) is 19.4 Å². The normalized spacial score (nSPS) is 17.3. The van der Waals surface area contributed by atoms with Crippen molar-refractivity contribution in [1.82, 2.24) is 9.80 Å². The monoisotopic (exact) mass is 830 g/mol. The van der Waals surface area contributed by atoms with E-state index in [2.05, 4.69) is 34.3 Å². The molecular formula is C42H46N4O4S5. The quantitative estimate of drug-likeness (QED) is 0.151. The maximum atomic E-state index is 13.5. The molecule has 0 spiro atoms. The number of anilines is 2. The minimum Gasteiger partial charge on any atom is -0.355 e. The van der Waals surface area contributed by atoms with Crippen LogP contribution in [0.25, 0.3) is 22.3 Å². The van der Waals surface area contributed by atoms with Crippen LogP contribution in [0.15, 0.2) is 107 Å². The molecule has 2 aliphatic rings. The van der Waals surface area contributed by atoms with Crippen LogP contribution >= 0.6 is 48.0 Å². The third kappa shape index (κ3) is 10.8. The Balaban J connectivity index is 0.989. The van der Waals surface area contributed by atoms with Gasteiger partial charge < -0.3 is 20.4 Å². The molecule has 2 N–H and O–H groups in total. The second-order valence-electron chi connectivity index (χ2n) is 14.0. The van der Waals surface area contributed by atoms with Crippen molar-refractivity contribution >= 4 is 89.6 Å². The molecule has 4 aromatic carbocycles. The lowest BCUT2D eigenvalue weighted by Crippen LogP contribution is -2.40. The molecule has 2 saturated heterocycles. The van der Waals surface area contributed by atoms with Crippen molar-refractivity contribution in [2.45, 2.75) is 74.2 Å². The van der Waals surface area contributed by atoms with Gasteiger partial charge in [-0.15, -0.1) is 0 Å². The van der Waals surface area contributed by atoms with Crippen LogP contribution in [0.1, 0.15) is 52.4 Å². The zero-order valence-corrected chi connectivity index (χ0v) is 35.1. The van der Waals surface area contributed by atoms with Crippen LogP contribution in [0.5, 0.6) is 0 Å². The molecule has 0 aliphatic carbocycles. The van der Waals surface area contributed by atoms with E-state index < -0.39 is 9.84 Å². The second kappa shape index (κ2) is 18.9. The summed E-state index contributed by atoms with van der Waals surface area (Å²) in [6.45, 7) is 6.26. The summed E-state index contributed by atoms with van der Waals surface area (Å²) >= 11 is 14.0. The predicted octanol–water partition coefficient (Wildman–Crippen LogP) is 9.52. The first-order valence-corrected chi connectivity index (χ1v) is 22.9. The molecule has 0 bridgehead atoms. The summed E-state index contributed by atoms with van der Waals surface area (Å²) in [6.07, 6.45) is 6.96. The van der Waals surface area contributed by atoms with Gasteiger partial charge in [0, 0.05) is 36.5 Å². The Bertz CT molecular complexity index is 1950. The number of carbonyl (C=O) groups excluding carboxylic acids is 2. The van der Waals surface area contributed by atoms with Crippen LogP contribution in [0, 0.1) is 0 Å². The molecule has 2 heterocycles. The lowest BCUT2D eigenvalue weighted by Gasteiger charge is -2.35. The van der Waals surface area contributed by atoms with E-state index in [0.717, 1.165) is 69.7 Å². The van der Waals surface area contributed by atoms with Crippen molar-refractivity contribution < 1.29 is 18.0 Å². The van der Waals surface area contributed by atoms with E-state index >= 15 is 0 Å². The van der Waals surface area contributed by atoms with E-state index in [1.165, 1.54) is 36.4 Å². The van der Waals surface area contributed by atoms with Crippen molar-refractivity contribution in [2.24, 2.45) is 0 Å². The maximum Gasteiger partial charge on any atom is 0.234 e. The van der Waals surface area contributed by atoms with E-state index in [9.17, 15) is 18.0 Å². The lowest BCUT2D eigenvalue weighted by atomic mass is 10.1. The summed E-state index contributed by atoms with van der Waals surface area (Å²) in [5, 5.41) is 5.88. The number of rotatable bonds is 10. The Labute approximate surface area is 344 Å². The van der Waals surface area contributed by atoms with Crippen LogP contribution in [0.2, 0.25) is 0 Å². The third-order valence-electron chi connectivity index (χ3n) is 10.1. The fourth-order valence-electron chi connectivity index (χ4n) is 6.83. The second-order valence-corrected chi connectivity index (χ2v) is 19.2. The van der Waals surface area contributed by atoms with Gasteiger partial charge in [-0.2, -0.15) is 0 Å². The van der Waals surface area contributed by atoms with Gasteiger partial charge in [-0.1, -0.05) is 96.5 Å². The first-order valence-electron chi connectivity index (χ1n) is 18.6. The molecular weight excluding hydrogens is 785 g/mol. The fraction of sp³-hybridized carbons (Fsp3) is 0.333. The molecule has 0 saturated carbocycles. The van der Waals surface area contributed by atoms with Crippen molar-refractivity contribution in [3.63, 3.8) is 0 Å². The molecule has 288 valence electrons. The van der Waals surface area contributed by atoms with Crippen LogP contribution < -0.4 is 10.6 Å². The average molecular weight is 831 g/mol. The highest BCUT2D eigenvalue weighted by atomic mass is 32.2. The molecule has 55 heavy (non-hydrogen) atoms. The van der Waals surface area contributed by atoms with Gasteiger partial charge in [0.1, 0.15) is 8.64 Å². The third-order valence-corrected chi connectivity index (χ3v) is 14.8. The first-order chi connectivity index (χ1) is 26.5. The van der Waals surface area contributed by atoms with Gasteiger partial charge in [0.05, 0.1) is 21.3 Å². The number of nitrogens with zero attached hydrogens (tertiary/aromatic N) is 2. The number of thioether (sulfide) groups is 2. The molecule has 8 nitrogen and oxygen atoms in total. The van der Waals surface area contributed by atoms with Crippen molar-refractivity contribution in [2.75, 3.05) is 35.2 Å². The number of carbonyl (C=O) groups is 2. The number of piperidine rings is 2. The Kier molecular flexibility index (Phi) is 14.1. The minimum absolute atomic E-state index is 0.111. The topological polar surface area (TPSA) is 98.8 Å². The molecule has 13 heteroatoms. The van der Waals surface area contributed by atoms with Gasteiger partial charge >= 0.3 is 0 Å². The van der Waals surface area contributed by atoms with E-state index in [-0.39, 0.29) is 33.1 Å². The number of amides is 2. The zero-order valence-electron chi connectivity index (χ0n) is 31.0. The predicted molar refractivity (Wildman–Crippen MR) is 237 cm³/mol. The van der Waals surface area contributed by atoms with Gasteiger partial charge in [0.2, 0.25) is 21.7 Å². The molecule has 2 amide bonds.